The first-order valence-corrected chi connectivity index (χ1v) is 13.2. The summed E-state index contributed by atoms with van der Waals surface area (Å²) in [5, 5.41) is 12.5. The summed E-state index contributed by atoms with van der Waals surface area (Å²) in [5.41, 5.74) is 6.92. The predicted octanol–water partition coefficient (Wildman–Crippen LogP) is 3.76. The Bertz CT molecular complexity index is 1900. The van der Waals surface area contributed by atoms with Gasteiger partial charge in [0.2, 0.25) is 10.0 Å². The lowest BCUT2D eigenvalue weighted by atomic mass is 10.0. The van der Waals surface area contributed by atoms with Gasteiger partial charge in [0, 0.05) is 36.9 Å². The largest absolute Gasteiger partial charge is 0.338 e. The normalized spacial score (nSPS) is 12.1. The molecule has 10 nitrogen and oxygen atoms in total. The number of aryl methyl sites for hydroxylation is 1. The second-order valence-corrected chi connectivity index (χ2v) is 10.6. The molecule has 0 aliphatic carbocycles. The number of sulfonamides is 1. The quantitative estimate of drug-likeness (QED) is 0.309. The Morgan fingerprint density at radius 3 is 2.76 bits per heavy atom. The van der Waals surface area contributed by atoms with Crippen molar-refractivity contribution in [3.05, 3.63) is 72.4 Å². The van der Waals surface area contributed by atoms with Gasteiger partial charge in [-0.3, -0.25) is 9.78 Å². The fraction of sp³-hybridized carbons (Fsp3) is 0.120. The number of halogens is 1. The van der Waals surface area contributed by atoms with E-state index in [0.717, 1.165) is 34.0 Å². The number of benzene rings is 1. The molecular formula is C25H21FN8O2S. The summed E-state index contributed by atoms with van der Waals surface area (Å²) < 4.78 is 41.6. The molecule has 5 heterocycles. The smallest absolute Gasteiger partial charge is 0.209 e. The number of nitrogens with one attached hydrogen (secondary N) is 3. The summed E-state index contributed by atoms with van der Waals surface area (Å²) in [7, 11) is -1.56. The van der Waals surface area contributed by atoms with Crippen LogP contribution in [0, 0.1) is 5.82 Å². The van der Waals surface area contributed by atoms with Crippen LogP contribution in [0.1, 0.15) is 5.56 Å². The van der Waals surface area contributed by atoms with Gasteiger partial charge in [0.25, 0.3) is 0 Å². The van der Waals surface area contributed by atoms with Gasteiger partial charge >= 0.3 is 0 Å². The van der Waals surface area contributed by atoms with Crippen LogP contribution in [0.4, 0.5) is 4.39 Å². The summed E-state index contributed by atoms with van der Waals surface area (Å²) in [6, 6.07) is 12.0. The first-order chi connectivity index (χ1) is 17.7. The molecule has 0 fully saturated rings. The second kappa shape index (κ2) is 8.61. The van der Waals surface area contributed by atoms with Crippen molar-refractivity contribution < 1.29 is 12.8 Å². The molecule has 12 heteroatoms. The van der Waals surface area contributed by atoms with E-state index >= 15 is 0 Å². The van der Waals surface area contributed by atoms with Crippen molar-refractivity contribution in [2.24, 2.45) is 7.05 Å². The van der Waals surface area contributed by atoms with E-state index in [1.807, 2.05) is 31.4 Å². The fourth-order valence-corrected chi connectivity index (χ4v) is 4.76. The summed E-state index contributed by atoms with van der Waals surface area (Å²) in [4.78, 5) is 12.6. The summed E-state index contributed by atoms with van der Waals surface area (Å²) in [5.74, 6) is -0.464. The van der Waals surface area contributed by atoms with E-state index in [0.29, 0.717) is 33.7 Å². The van der Waals surface area contributed by atoms with Crippen LogP contribution in [0.2, 0.25) is 0 Å². The van der Waals surface area contributed by atoms with E-state index in [2.05, 4.69) is 30.0 Å². The molecule has 5 aromatic heterocycles. The molecule has 37 heavy (non-hydrogen) atoms. The van der Waals surface area contributed by atoms with E-state index in [-0.39, 0.29) is 6.54 Å². The van der Waals surface area contributed by atoms with Crippen molar-refractivity contribution in [2.75, 3.05) is 6.26 Å². The average molecular weight is 517 g/mol. The standard InChI is InChI=1S/C25H21FN8O2S/c1-34-13-16(12-28-34)20-3-4-21-23(30-20)24(33-32-21)22-10-19-18(5-6-27-25(19)31-22)15-7-14(8-17(26)9-15)11-29-37(2,35)36/h3-10,12-13,29H,11H2,1-2H3,(H,27,31)(H,32,33). The maximum Gasteiger partial charge on any atom is 0.209 e. The van der Waals surface area contributed by atoms with Crippen LogP contribution in [-0.2, 0) is 23.6 Å². The van der Waals surface area contributed by atoms with Crippen molar-refractivity contribution in [3.63, 3.8) is 0 Å². The molecule has 0 radical (unpaired) electrons. The molecule has 0 saturated heterocycles. The molecule has 3 N–H and O–H groups in total. The molecule has 0 spiro atoms. The van der Waals surface area contributed by atoms with Gasteiger partial charge in [-0.25, -0.2) is 27.5 Å². The van der Waals surface area contributed by atoms with E-state index in [4.69, 9.17) is 4.98 Å². The summed E-state index contributed by atoms with van der Waals surface area (Å²) in [6.07, 6.45) is 6.35. The maximum atomic E-state index is 14.5. The molecule has 6 rings (SSSR count). The number of rotatable bonds is 6. The highest BCUT2D eigenvalue weighted by Crippen LogP contribution is 2.34. The first-order valence-electron chi connectivity index (χ1n) is 11.3. The number of H-pyrrole nitrogens is 2. The number of nitrogens with zero attached hydrogens (tertiary/aromatic N) is 5. The number of pyridine rings is 2. The monoisotopic (exact) mass is 516 g/mol. The van der Waals surface area contributed by atoms with E-state index in [1.54, 1.807) is 29.2 Å². The number of fused-ring (bicyclic) bond motifs is 2. The van der Waals surface area contributed by atoms with Crippen molar-refractivity contribution in [1.82, 2.24) is 39.7 Å². The van der Waals surface area contributed by atoms with Gasteiger partial charge in [-0.1, -0.05) is 0 Å². The Morgan fingerprint density at radius 2 is 1.97 bits per heavy atom. The van der Waals surface area contributed by atoms with Crippen LogP contribution in [0.25, 0.3) is 55.8 Å². The molecule has 0 aliphatic rings. The lowest BCUT2D eigenvalue weighted by molar-refractivity contribution is 0.586. The molecule has 0 bridgehead atoms. The minimum atomic E-state index is -3.41. The Kier molecular flexibility index (Phi) is 5.35. The first kappa shape index (κ1) is 23.0. The predicted molar refractivity (Wildman–Crippen MR) is 138 cm³/mol. The van der Waals surface area contributed by atoms with Gasteiger partial charge in [0.1, 0.15) is 22.7 Å². The van der Waals surface area contributed by atoms with Crippen molar-refractivity contribution in [3.8, 4) is 33.8 Å². The van der Waals surface area contributed by atoms with Crippen LogP contribution < -0.4 is 4.72 Å². The van der Waals surface area contributed by atoms with Gasteiger partial charge < -0.3 is 4.98 Å². The highest BCUT2D eigenvalue weighted by Gasteiger charge is 2.17. The topological polar surface area (TPSA) is 134 Å². The molecule has 186 valence electrons. The Hall–Kier alpha value is -4.42. The third-order valence-corrected chi connectivity index (χ3v) is 6.67. The molecular weight excluding hydrogens is 495 g/mol. The fourth-order valence-electron chi connectivity index (χ4n) is 4.33. The second-order valence-electron chi connectivity index (χ2n) is 8.81. The van der Waals surface area contributed by atoms with Crippen molar-refractivity contribution in [2.45, 2.75) is 6.54 Å². The zero-order valence-corrected chi connectivity index (χ0v) is 20.6. The molecule has 0 amide bonds. The molecule has 0 atom stereocenters. The average Bonchev–Trinajstić information content (AvgIpc) is 3.58. The number of aromatic nitrogens is 7. The zero-order chi connectivity index (χ0) is 25.7. The highest BCUT2D eigenvalue weighted by atomic mass is 32.2. The summed E-state index contributed by atoms with van der Waals surface area (Å²) >= 11 is 0. The minimum Gasteiger partial charge on any atom is -0.338 e. The van der Waals surface area contributed by atoms with Crippen LogP contribution >= 0.6 is 0 Å². The van der Waals surface area contributed by atoms with Crippen LogP contribution in [0.3, 0.4) is 0 Å². The van der Waals surface area contributed by atoms with Crippen molar-refractivity contribution >= 4 is 32.1 Å². The molecule has 1 aromatic carbocycles. The van der Waals surface area contributed by atoms with Gasteiger partial charge in [-0.05, 0) is 59.2 Å². The Balaban J connectivity index is 1.43. The molecule has 6 aromatic rings. The molecule has 0 saturated carbocycles. The molecule has 0 aliphatic heterocycles. The lowest BCUT2D eigenvalue weighted by Crippen LogP contribution is -2.21. The third kappa shape index (κ3) is 4.47. The van der Waals surface area contributed by atoms with Gasteiger partial charge in [-0.2, -0.15) is 10.2 Å². The molecule has 0 unspecified atom stereocenters. The Labute approximate surface area is 210 Å². The van der Waals surface area contributed by atoms with Crippen LogP contribution in [0.15, 0.2) is 61.1 Å². The number of aromatic amines is 2. The van der Waals surface area contributed by atoms with Gasteiger partial charge in [0.05, 0.1) is 29.4 Å². The number of hydrogen-bond donors (Lipinski definition) is 3. The van der Waals surface area contributed by atoms with Crippen LogP contribution in [-0.4, -0.2) is 49.6 Å². The van der Waals surface area contributed by atoms with Crippen LogP contribution in [0.5, 0.6) is 0 Å². The van der Waals surface area contributed by atoms with E-state index in [9.17, 15) is 12.8 Å². The van der Waals surface area contributed by atoms with Crippen molar-refractivity contribution in [1.29, 1.82) is 0 Å². The zero-order valence-electron chi connectivity index (χ0n) is 19.8. The third-order valence-electron chi connectivity index (χ3n) is 6.00. The van der Waals surface area contributed by atoms with E-state index < -0.39 is 15.8 Å². The lowest BCUT2D eigenvalue weighted by Gasteiger charge is -2.08. The maximum absolute atomic E-state index is 14.5. The van der Waals surface area contributed by atoms with E-state index in [1.165, 1.54) is 12.1 Å². The van der Waals surface area contributed by atoms with Gasteiger partial charge in [-0.15, -0.1) is 0 Å². The summed E-state index contributed by atoms with van der Waals surface area (Å²) in [6.45, 7) is -0.0135. The van der Waals surface area contributed by atoms with Gasteiger partial charge in [0.15, 0.2) is 0 Å². The highest BCUT2D eigenvalue weighted by molar-refractivity contribution is 7.88. The number of hydrogen-bond acceptors (Lipinski definition) is 6. The Morgan fingerprint density at radius 1 is 1.11 bits per heavy atom. The SMILES string of the molecule is Cn1cc(-c2ccc3[nH]nc(-c4cc5c(-c6cc(F)cc(CNS(C)(=O)=O)c6)ccnc5[nH]4)c3n2)cn1. The minimum absolute atomic E-state index is 0.0135.